The minimum atomic E-state index is 0.153. The van der Waals surface area contributed by atoms with E-state index < -0.39 is 0 Å². The van der Waals surface area contributed by atoms with Crippen molar-refractivity contribution in [2.24, 2.45) is 0 Å². The highest BCUT2D eigenvalue weighted by Gasteiger charge is 2.14. The number of benzene rings is 2. The molecule has 0 amide bonds. The number of Topliss-reactive ketones (excluding diaryl/α,β-unsaturated/α-hetero) is 1. The second-order valence-corrected chi connectivity index (χ2v) is 6.51. The first-order valence-corrected chi connectivity index (χ1v) is 8.22. The molecule has 1 aromatic heterocycles. The topological polar surface area (TPSA) is 45.8 Å². The molecule has 3 aromatic rings. The number of thioether (sulfide) groups is 1. The monoisotopic (exact) mass is 310 g/mol. The number of aromatic amines is 1. The van der Waals surface area contributed by atoms with Crippen LogP contribution in [0, 0.1) is 20.8 Å². The molecule has 0 fully saturated rings. The van der Waals surface area contributed by atoms with Gasteiger partial charge in [0.05, 0.1) is 16.8 Å². The Kier molecular flexibility index (Phi) is 4.03. The van der Waals surface area contributed by atoms with Gasteiger partial charge in [0.25, 0.3) is 0 Å². The lowest BCUT2D eigenvalue weighted by molar-refractivity contribution is 0.102. The molecule has 0 bridgehead atoms. The SMILES string of the molecule is Cc1cc(C)c(C(=O)CSc2nc3ccccc3[nH]2)c(C)c1. The maximum Gasteiger partial charge on any atom is 0.173 e. The molecule has 0 aliphatic heterocycles. The molecule has 0 saturated heterocycles. The van der Waals surface area contributed by atoms with Crippen molar-refractivity contribution in [1.82, 2.24) is 9.97 Å². The van der Waals surface area contributed by atoms with Gasteiger partial charge < -0.3 is 4.98 Å². The van der Waals surface area contributed by atoms with E-state index in [1.165, 1.54) is 17.3 Å². The number of imidazole rings is 1. The van der Waals surface area contributed by atoms with Crippen molar-refractivity contribution >= 4 is 28.6 Å². The van der Waals surface area contributed by atoms with E-state index in [2.05, 4.69) is 29.0 Å². The lowest BCUT2D eigenvalue weighted by Gasteiger charge is -2.09. The Morgan fingerprint density at radius 2 is 1.82 bits per heavy atom. The van der Waals surface area contributed by atoms with E-state index >= 15 is 0 Å². The highest BCUT2D eigenvalue weighted by atomic mass is 32.2. The molecule has 0 saturated carbocycles. The van der Waals surface area contributed by atoms with Crippen LogP contribution in [0.2, 0.25) is 0 Å². The zero-order valence-corrected chi connectivity index (χ0v) is 13.8. The molecule has 3 nitrogen and oxygen atoms in total. The minimum absolute atomic E-state index is 0.153. The highest BCUT2D eigenvalue weighted by Crippen LogP contribution is 2.23. The summed E-state index contributed by atoms with van der Waals surface area (Å²) in [5.41, 5.74) is 6.06. The molecule has 1 heterocycles. The summed E-state index contributed by atoms with van der Waals surface area (Å²) in [6.07, 6.45) is 0. The number of nitrogens with zero attached hydrogens (tertiary/aromatic N) is 1. The van der Waals surface area contributed by atoms with Gasteiger partial charge in [-0.1, -0.05) is 41.6 Å². The lowest BCUT2D eigenvalue weighted by atomic mass is 9.97. The highest BCUT2D eigenvalue weighted by molar-refractivity contribution is 7.99. The second kappa shape index (κ2) is 5.97. The molecule has 4 heteroatoms. The number of ketones is 1. The van der Waals surface area contributed by atoms with E-state index in [1.807, 2.05) is 38.1 Å². The first kappa shape index (κ1) is 14.9. The number of nitrogens with one attached hydrogen (secondary N) is 1. The molecule has 1 N–H and O–H groups in total. The summed E-state index contributed by atoms with van der Waals surface area (Å²) >= 11 is 1.45. The number of hydrogen-bond acceptors (Lipinski definition) is 3. The fourth-order valence-electron chi connectivity index (χ4n) is 2.82. The molecular weight excluding hydrogens is 292 g/mol. The van der Waals surface area contributed by atoms with Crippen molar-refractivity contribution < 1.29 is 4.79 Å². The first-order valence-electron chi connectivity index (χ1n) is 7.23. The largest absolute Gasteiger partial charge is 0.333 e. The van der Waals surface area contributed by atoms with Crippen LogP contribution >= 0.6 is 11.8 Å². The Hall–Kier alpha value is -2.07. The van der Waals surface area contributed by atoms with E-state index in [9.17, 15) is 4.79 Å². The number of aryl methyl sites for hydroxylation is 3. The van der Waals surface area contributed by atoms with Crippen molar-refractivity contribution in [3.05, 3.63) is 58.7 Å². The Morgan fingerprint density at radius 3 is 2.50 bits per heavy atom. The summed E-state index contributed by atoms with van der Waals surface area (Å²) in [6, 6.07) is 12.0. The average molecular weight is 310 g/mol. The Labute approximate surface area is 134 Å². The fourth-order valence-corrected chi connectivity index (χ4v) is 3.58. The van der Waals surface area contributed by atoms with Gasteiger partial charge in [0.15, 0.2) is 10.9 Å². The maximum absolute atomic E-state index is 12.5. The van der Waals surface area contributed by atoms with Gasteiger partial charge in [0, 0.05) is 5.56 Å². The van der Waals surface area contributed by atoms with Gasteiger partial charge in [-0.05, 0) is 44.0 Å². The average Bonchev–Trinajstić information content (AvgIpc) is 2.86. The van der Waals surface area contributed by atoms with Gasteiger partial charge in [-0.15, -0.1) is 0 Å². The lowest BCUT2D eigenvalue weighted by Crippen LogP contribution is -2.08. The smallest absolute Gasteiger partial charge is 0.173 e. The van der Waals surface area contributed by atoms with Crippen molar-refractivity contribution in [2.45, 2.75) is 25.9 Å². The van der Waals surface area contributed by atoms with Crippen LogP contribution in [0.5, 0.6) is 0 Å². The Morgan fingerprint density at radius 1 is 1.14 bits per heavy atom. The van der Waals surface area contributed by atoms with Gasteiger partial charge in [0.2, 0.25) is 0 Å². The molecular formula is C18H18N2OS. The molecule has 0 spiro atoms. The van der Waals surface area contributed by atoms with E-state index in [0.29, 0.717) is 5.75 Å². The predicted octanol–water partition coefficient (Wildman–Crippen LogP) is 4.46. The number of fused-ring (bicyclic) bond motifs is 1. The molecule has 2 aromatic carbocycles. The number of rotatable bonds is 4. The van der Waals surface area contributed by atoms with Crippen LogP contribution in [-0.2, 0) is 0 Å². The number of para-hydroxylation sites is 2. The van der Waals surface area contributed by atoms with Crippen molar-refractivity contribution in [2.75, 3.05) is 5.75 Å². The van der Waals surface area contributed by atoms with Crippen LogP contribution in [0.25, 0.3) is 11.0 Å². The molecule has 22 heavy (non-hydrogen) atoms. The van der Waals surface area contributed by atoms with Gasteiger partial charge in [-0.2, -0.15) is 0 Å². The zero-order chi connectivity index (χ0) is 15.7. The zero-order valence-electron chi connectivity index (χ0n) is 12.9. The van der Waals surface area contributed by atoms with Crippen LogP contribution in [-0.4, -0.2) is 21.5 Å². The number of aromatic nitrogens is 2. The normalized spacial score (nSPS) is 11.0. The maximum atomic E-state index is 12.5. The predicted molar refractivity (Wildman–Crippen MR) is 91.8 cm³/mol. The van der Waals surface area contributed by atoms with Crippen LogP contribution in [0.4, 0.5) is 0 Å². The molecule has 0 radical (unpaired) electrons. The summed E-state index contributed by atoms with van der Waals surface area (Å²) in [5, 5.41) is 0.789. The Bertz CT molecular complexity index is 795. The number of carbonyl (C=O) groups excluding carboxylic acids is 1. The molecule has 0 aliphatic carbocycles. The van der Waals surface area contributed by atoms with Crippen LogP contribution in [0.1, 0.15) is 27.0 Å². The van der Waals surface area contributed by atoms with E-state index in [4.69, 9.17) is 0 Å². The summed E-state index contributed by atoms with van der Waals surface area (Å²) in [6.45, 7) is 6.05. The van der Waals surface area contributed by atoms with Crippen LogP contribution in [0.3, 0.4) is 0 Å². The van der Waals surface area contributed by atoms with E-state index in [-0.39, 0.29) is 5.78 Å². The Balaban J connectivity index is 1.77. The number of H-pyrrole nitrogens is 1. The molecule has 0 unspecified atom stereocenters. The van der Waals surface area contributed by atoms with Gasteiger partial charge >= 0.3 is 0 Å². The molecule has 112 valence electrons. The van der Waals surface area contributed by atoms with Crippen molar-refractivity contribution in [1.29, 1.82) is 0 Å². The van der Waals surface area contributed by atoms with Crippen molar-refractivity contribution in [3.8, 4) is 0 Å². The third-order valence-corrected chi connectivity index (χ3v) is 4.54. The summed E-state index contributed by atoms with van der Waals surface area (Å²) < 4.78 is 0. The van der Waals surface area contributed by atoms with E-state index in [1.54, 1.807) is 0 Å². The standard InChI is InChI=1S/C18H18N2OS/c1-11-8-12(2)17(13(3)9-11)16(21)10-22-18-19-14-6-4-5-7-15(14)20-18/h4-9H,10H2,1-3H3,(H,19,20). The summed E-state index contributed by atoms with van der Waals surface area (Å²) in [5.74, 6) is 0.547. The third-order valence-electron chi connectivity index (χ3n) is 3.66. The van der Waals surface area contributed by atoms with Gasteiger partial charge in [-0.3, -0.25) is 4.79 Å². The van der Waals surface area contributed by atoms with Crippen LogP contribution in [0.15, 0.2) is 41.6 Å². The molecule has 0 atom stereocenters. The number of carbonyl (C=O) groups is 1. The van der Waals surface area contributed by atoms with Gasteiger partial charge in [0.1, 0.15) is 0 Å². The first-order chi connectivity index (χ1) is 10.5. The second-order valence-electron chi connectivity index (χ2n) is 5.54. The van der Waals surface area contributed by atoms with Gasteiger partial charge in [-0.25, -0.2) is 4.98 Å². The van der Waals surface area contributed by atoms with E-state index in [0.717, 1.165) is 32.9 Å². The summed E-state index contributed by atoms with van der Waals surface area (Å²) in [4.78, 5) is 20.3. The fraction of sp³-hybridized carbons (Fsp3) is 0.222. The van der Waals surface area contributed by atoms with Crippen molar-refractivity contribution in [3.63, 3.8) is 0 Å². The minimum Gasteiger partial charge on any atom is -0.333 e. The molecule has 0 aliphatic rings. The quantitative estimate of drug-likeness (QED) is 0.571. The number of hydrogen-bond donors (Lipinski definition) is 1. The third kappa shape index (κ3) is 2.92. The summed E-state index contributed by atoms with van der Waals surface area (Å²) in [7, 11) is 0. The molecule has 3 rings (SSSR count). The van der Waals surface area contributed by atoms with Crippen LogP contribution < -0.4 is 0 Å².